The van der Waals surface area contributed by atoms with Gasteiger partial charge in [0.15, 0.2) is 6.10 Å². The molecular formula is C58H104O6. The van der Waals surface area contributed by atoms with Gasteiger partial charge >= 0.3 is 17.9 Å². The Bertz CT molecular complexity index is 1120. The molecule has 0 radical (unpaired) electrons. The molecule has 6 heteroatoms. The van der Waals surface area contributed by atoms with E-state index in [1.807, 2.05) is 0 Å². The minimum atomic E-state index is -0.785. The minimum Gasteiger partial charge on any atom is -0.462 e. The van der Waals surface area contributed by atoms with Crippen LogP contribution in [0.1, 0.15) is 284 Å². The lowest BCUT2D eigenvalue weighted by molar-refractivity contribution is -0.167. The lowest BCUT2D eigenvalue weighted by atomic mass is 10.1. The fourth-order valence-corrected chi connectivity index (χ4v) is 7.80. The number of carbonyl (C=O) groups excluding carboxylic acids is 3. The highest BCUT2D eigenvalue weighted by Crippen LogP contribution is 2.15. The van der Waals surface area contributed by atoms with Crippen LogP contribution in [0.5, 0.6) is 0 Å². The highest BCUT2D eigenvalue weighted by atomic mass is 16.6. The maximum absolute atomic E-state index is 12.8. The van der Waals surface area contributed by atoms with Crippen LogP contribution in [0.3, 0.4) is 0 Å². The Hall–Kier alpha value is -2.63. The zero-order valence-electron chi connectivity index (χ0n) is 42.6. The van der Waals surface area contributed by atoms with E-state index in [0.29, 0.717) is 19.3 Å². The van der Waals surface area contributed by atoms with Crippen LogP contribution < -0.4 is 0 Å². The summed E-state index contributed by atoms with van der Waals surface area (Å²) >= 11 is 0. The summed E-state index contributed by atoms with van der Waals surface area (Å²) in [7, 11) is 0. The summed E-state index contributed by atoms with van der Waals surface area (Å²) in [4.78, 5) is 38.1. The number of rotatable bonds is 50. The summed E-state index contributed by atoms with van der Waals surface area (Å²) in [5, 5.41) is 0. The Labute approximate surface area is 397 Å². The van der Waals surface area contributed by atoms with E-state index in [2.05, 4.69) is 69.4 Å². The van der Waals surface area contributed by atoms with Gasteiger partial charge in [-0.05, 0) is 96.3 Å². The molecule has 0 aromatic heterocycles. The summed E-state index contributed by atoms with van der Waals surface area (Å²) < 4.78 is 16.8. The number of hydrogen-bond acceptors (Lipinski definition) is 6. The van der Waals surface area contributed by atoms with Gasteiger partial charge in [0.25, 0.3) is 0 Å². The van der Waals surface area contributed by atoms with Crippen molar-refractivity contribution in [2.45, 2.75) is 290 Å². The van der Waals surface area contributed by atoms with Gasteiger partial charge in [0, 0.05) is 19.3 Å². The van der Waals surface area contributed by atoms with Gasteiger partial charge in [0.2, 0.25) is 0 Å². The van der Waals surface area contributed by atoms with E-state index in [-0.39, 0.29) is 31.1 Å². The van der Waals surface area contributed by atoms with Crippen LogP contribution in [0.15, 0.2) is 48.6 Å². The summed E-state index contributed by atoms with van der Waals surface area (Å²) in [5.74, 6) is -0.905. The monoisotopic (exact) mass is 897 g/mol. The molecule has 0 spiro atoms. The van der Waals surface area contributed by atoms with Crippen LogP contribution >= 0.6 is 0 Å². The van der Waals surface area contributed by atoms with Crippen molar-refractivity contribution in [3.05, 3.63) is 48.6 Å². The Morgan fingerprint density at radius 3 is 0.922 bits per heavy atom. The first-order chi connectivity index (χ1) is 31.5. The summed E-state index contributed by atoms with van der Waals surface area (Å²) in [5.41, 5.74) is 0. The SMILES string of the molecule is CCCC/C=C\C/C=C\CCCCCCCC(=O)OC[C@H](COC(=O)CCCCCCC/C=C\CCCCCCCCC)OC(=O)CCCCCCC/C=C\CCCCCCCCC. The molecule has 0 aromatic carbocycles. The second kappa shape index (κ2) is 53.0. The molecule has 372 valence electrons. The zero-order chi connectivity index (χ0) is 46.5. The first-order valence-corrected chi connectivity index (χ1v) is 27.6. The van der Waals surface area contributed by atoms with Gasteiger partial charge in [0.1, 0.15) is 13.2 Å². The molecule has 0 rings (SSSR count). The van der Waals surface area contributed by atoms with E-state index < -0.39 is 6.10 Å². The van der Waals surface area contributed by atoms with Crippen molar-refractivity contribution in [1.29, 1.82) is 0 Å². The van der Waals surface area contributed by atoms with Crippen molar-refractivity contribution in [1.82, 2.24) is 0 Å². The highest BCUT2D eigenvalue weighted by molar-refractivity contribution is 5.71. The molecule has 0 aliphatic rings. The van der Waals surface area contributed by atoms with Crippen molar-refractivity contribution >= 4 is 17.9 Å². The number of unbranched alkanes of at least 4 members (excludes halogenated alkanes) is 31. The van der Waals surface area contributed by atoms with Crippen molar-refractivity contribution in [3.63, 3.8) is 0 Å². The van der Waals surface area contributed by atoms with Gasteiger partial charge in [-0.3, -0.25) is 14.4 Å². The van der Waals surface area contributed by atoms with E-state index in [1.54, 1.807) is 0 Å². The first kappa shape index (κ1) is 61.4. The molecule has 0 heterocycles. The molecular weight excluding hydrogens is 793 g/mol. The van der Waals surface area contributed by atoms with Crippen LogP contribution in [0, 0.1) is 0 Å². The molecule has 1 atom stereocenters. The molecule has 0 saturated heterocycles. The van der Waals surface area contributed by atoms with E-state index >= 15 is 0 Å². The fourth-order valence-electron chi connectivity index (χ4n) is 7.80. The van der Waals surface area contributed by atoms with E-state index in [4.69, 9.17) is 14.2 Å². The van der Waals surface area contributed by atoms with Crippen LogP contribution in [0.2, 0.25) is 0 Å². The maximum atomic E-state index is 12.8. The second-order valence-electron chi connectivity index (χ2n) is 18.5. The van der Waals surface area contributed by atoms with Crippen LogP contribution in [-0.2, 0) is 28.6 Å². The zero-order valence-corrected chi connectivity index (χ0v) is 42.6. The molecule has 0 unspecified atom stereocenters. The van der Waals surface area contributed by atoms with Crippen molar-refractivity contribution in [2.75, 3.05) is 13.2 Å². The summed E-state index contributed by atoms with van der Waals surface area (Å²) in [6.07, 6.45) is 63.8. The average molecular weight is 897 g/mol. The van der Waals surface area contributed by atoms with Gasteiger partial charge in [-0.15, -0.1) is 0 Å². The third kappa shape index (κ3) is 50.4. The fraction of sp³-hybridized carbons (Fsp3) is 0.810. The third-order valence-corrected chi connectivity index (χ3v) is 12.0. The molecule has 6 nitrogen and oxygen atoms in total. The van der Waals surface area contributed by atoms with E-state index in [0.717, 1.165) is 96.3 Å². The van der Waals surface area contributed by atoms with Gasteiger partial charge in [-0.25, -0.2) is 0 Å². The Kier molecular flexibility index (Phi) is 50.8. The summed E-state index contributed by atoms with van der Waals surface area (Å²) in [6, 6.07) is 0. The number of hydrogen-bond donors (Lipinski definition) is 0. The lowest BCUT2D eigenvalue weighted by Gasteiger charge is -2.18. The molecule has 0 bridgehead atoms. The molecule has 0 saturated carbocycles. The molecule has 0 aliphatic carbocycles. The Balaban J connectivity index is 4.41. The van der Waals surface area contributed by atoms with Gasteiger partial charge in [0.05, 0.1) is 0 Å². The highest BCUT2D eigenvalue weighted by Gasteiger charge is 2.19. The second-order valence-corrected chi connectivity index (χ2v) is 18.5. The molecule has 0 N–H and O–H groups in total. The van der Waals surface area contributed by atoms with Crippen molar-refractivity contribution in [3.8, 4) is 0 Å². The van der Waals surface area contributed by atoms with Crippen LogP contribution in [-0.4, -0.2) is 37.2 Å². The standard InChI is InChI=1S/C58H104O6/c1-4-7-10-13-16-19-22-25-28-30-33-36-39-42-45-48-51-57(60)63-54-55(53-62-56(59)50-47-44-41-38-35-32-27-24-21-18-15-12-9-6-3)64-58(61)52-49-46-43-40-37-34-31-29-26-23-20-17-14-11-8-5-2/h15,18,24,27-31,55H,4-14,16-17,19-23,25-26,32-54H2,1-3H3/b18-15-,27-24-,30-28-,31-29-/t55-/m1/s1. The largest absolute Gasteiger partial charge is 0.462 e. The molecule has 0 fully saturated rings. The average Bonchev–Trinajstić information content (AvgIpc) is 3.29. The third-order valence-electron chi connectivity index (χ3n) is 12.0. The molecule has 0 aliphatic heterocycles. The van der Waals surface area contributed by atoms with Crippen LogP contribution in [0.25, 0.3) is 0 Å². The first-order valence-electron chi connectivity index (χ1n) is 27.6. The van der Waals surface area contributed by atoms with Gasteiger partial charge in [-0.1, -0.05) is 217 Å². The minimum absolute atomic E-state index is 0.0842. The number of carbonyl (C=O) groups is 3. The van der Waals surface area contributed by atoms with E-state index in [9.17, 15) is 14.4 Å². The number of allylic oxidation sites excluding steroid dienone is 8. The molecule has 64 heavy (non-hydrogen) atoms. The maximum Gasteiger partial charge on any atom is 0.306 e. The topological polar surface area (TPSA) is 78.9 Å². The summed E-state index contributed by atoms with van der Waals surface area (Å²) in [6.45, 7) is 6.59. The van der Waals surface area contributed by atoms with E-state index in [1.165, 1.54) is 148 Å². The van der Waals surface area contributed by atoms with Crippen LogP contribution in [0.4, 0.5) is 0 Å². The number of ether oxygens (including phenoxy) is 3. The normalized spacial score (nSPS) is 12.4. The van der Waals surface area contributed by atoms with Gasteiger partial charge in [-0.2, -0.15) is 0 Å². The molecule has 0 amide bonds. The number of esters is 3. The lowest BCUT2D eigenvalue weighted by Crippen LogP contribution is -2.30. The van der Waals surface area contributed by atoms with Crippen molar-refractivity contribution in [2.24, 2.45) is 0 Å². The quantitative estimate of drug-likeness (QED) is 0.0262. The Morgan fingerprint density at radius 2 is 0.578 bits per heavy atom. The molecule has 0 aromatic rings. The predicted molar refractivity (Wildman–Crippen MR) is 275 cm³/mol. The smallest absolute Gasteiger partial charge is 0.306 e. The predicted octanol–water partition coefficient (Wildman–Crippen LogP) is 18.3. The van der Waals surface area contributed by atoms with Gasteiger partial charge < -0.3 is 14.2 Å². The Morgan fingerprint density at radius 1 is 0.312 bits per heavy atom. The van der Waals surface area contributed by atoms with Crippen molar-refractivity contribution < 1.29 is 28.6 Å².